The molecule has 2 N–H and O–H groups in total. The highest BCUT2D eigenvalue weighted by Crippen LogP contribution is 2.14. The number of rotatable bonds is 19. The van der Waals surface area contributed by atoms with E-state index in [-0.39, 0.29) is 5.78 Å². The van der Waals surface area contributed by atoms with E-state index in [1.54, 1.807) is 0 Å². The fourth-order valence-electron chi connectivity index (χ4n) is 3.46. The van der Waals surface area contributed by atoms with Crippen LogP contribution < -0.4 is 0 Å². The van der Waals surface area contributed by atoms with Crippen molar-refractivity contribution in [3.8, 4) is 0 Å². The minimum absolute atomic E-state index is 0.166. The van der Waals surface area contributed by atoms with E-state index in [1.807, 2.05) is 6.20 Å². The van der Waals surface area contributed by atoms with E-state index < -0.39 is 10.4 Å². The molecule has 188 valence electrons. The molecule has 1 aromatic rings. The molecule has 1 heterocycles. The number of Topliss-reactive ketones (excluding diaryl/α,β-unsaturated/α-hetero) is 1. The maximum atomic E-state index is 12.0. The molecule has 0 fully saturated rings. The van der Waals surface area contributed by atoms with Crippen LogP contribution in [0.1, 0.15) is 133 Å². The molecule has 0 radical (unpaired) electrons. The normalized spacial score (nSPS) is 11.2. The van der Waals surface area contributed by atoms with Crippen LogP contribution in [-0.4, -0.2) is 35.8 Å². The number of nitrogens with one attached hydrogen (secondary N) is 1. The Morgan fingerprint density at radius 2 is 1.28 bits per heavy atom. The Labute approximate surface area is 196 Å². The molecule has 0 bridgehead atoms. The van der Waals surface area contributed by atoms with Gasteiger partial charge < -0.3 is 4.98 Å². The quantitative estimate of drug-likeness (QED) is 0.129. The van der Waals surface area contributed by atoms with Crippen LogP contribution in [-0.2, 0) is 21.0 Å². The maximum absolute atomic E-state index is 12.0. The summed E-state index contributed by atoms with van der Waals surface area (Å²) < 4.78 is 29.7. The molecule has 0 aromatic carbocycles. The number of aromatic nitrogens is 2. The lowest BCUT2D eigenvalue weighted by molar-refractivity contribution is 0.0970. The van der Waals surface area contributed by atoms with Gasteiger partial charge in [-0.25, -0.2) is 4.98 Å². The van der Waals surface area contributed by atoms with Crippen molar-refractivity contribution in [2.75, 3.05) is 7.11 Å². The van der Waals surface area contributed by atoms with Crippen molar-refractivity contribution in [3.05, 3.63) is 17.7 Å². The molecule has 0 amide bonds. The standard InChI is InChI=1S/C23H42N2O.CH4O4S/c1-3-5-6-7-8-9-10-11-12-13-14-15-16-17-18-19-22(26)23-24-20-21(4-2)25-23;1-5-6(2,3)4/h20H,3-19H2,1-2H3,(H,24,25);1H3,(H,2,3,4). The lowest BCUT2D eigenvalue weighted by atomic mass is 10.0. The third kappa shape index (κ3) is 19.4. The predicted molar refractivity (Wildman–Crippen MR) is 130 cm³/mol. The summed E-state index contributed by atoms with van der Waals surface area (Å²) in [5.74, 6) is 0.714. The molecule has 0 spiro atoms. The zero-order chi connectivity index (χ0) is 24.1. The SMILES string of the molecule is CCCCCCCCCCCCCCCCCC(=O)c1nc(CC)c[nH]1.COS(=O)(=O)O. The lowest BCUT2D eigenvalue weighted by Crippen LogP contribution is -2.01. The Kier molecular flexibility index (Phi) is 19.6. The van der Waals surface area contributed by atoms with Crippen LogP contribution in [0.15, 0.2) is 6.20 Å². The van der Waals surface area contributed by atoms with E-state index in [2.05, 4.69) is 28.0 Å². The Bertz CT molecular complexity index is 674. The Morgan fingerprint density at radius 3 is 1.62 bits per heavy atom. The van der Waals surface area contributed by atoms with Gasteiger partial charge in [-0.3, -0.25) is 13.5 Å². The van der Waals surface area contributed by atoms with Gasteiger partial charge in [0.05, 0.1) is 12.8 Å². The number of hydrogen-bond acceptors (Lipinski definition) is 5. The molecule has 0 unspecified atom stereocenters. The van der Waals surface area contributed by atoms with Gasteiger partial charge >= 0.3 is 10.4 Å². The van der Waals surface area contributed by atoms with E-state index in [1.165, 1.54) is 89.9 Å². The van der Waals surface area contributed by atoms with Crippen molar-refractivity contribution < 1.29 is 21.9 Å². The zero-order valence-corrected chi connectivity index (χ0v) is 21.4. The second-order valence-corrected chi connectivity index (χ2v) is 9.50. The predicted octanol–water partition coefficient (Wildman–Crippen LogP) is 6.85. The highest BCUT2D eigenvalue weighted by Gasteiger charge is 2.09. The highest BCUT2D eigenvalue weighted by molar-refractivity contribution is 7.80. The van der Waals surface area contributed by atoms with Gasteiger partial charge in [0.25, 0.3) is 0 Å². The highest BCUT2D eigenvalue weighted by atomic mass is 32.3. The van der Waals surface area contributed by atoms with Crippen LogP contribution >= 0.6 is 0 Å². The molecule has 32 heavy (non-hydrogen) atoms. The van der Waals surface area contributed by atoms with Crippen molar-refractivity contribution in [1.82, 2.24) is 9.97 Å². The number of ketones is 1. The average molecular weight is 475 g/mol. The Balaban J connectivity index is 0.00000140. The van der Waals surface area contributed by atoms with Crippen molar-refractivity contribution in [1.29, 1.82) is 0 Å². The van der Waals surface area contributed by atoms with Gasteiger partial charge in [-0.2, -0.15) is 8.42 Å². The van der Waals surface area contributed by atoms with E-state index >= 15 is 0 Å². The number of aromatic amines is 1. The molecule has 0 aliphatic carbocycles. The van der Waals surface area contributed by atoms with Gasteiger partial charge in [0.15, 0.2) is 11.6 Å². The summed E-state index contributed by atoms with van der Waals surface area (Å²) in [5.41, 5.74) is 0.977. The minimum Gasteiger partial charge on any atom is -0.342 e. The number of H-pyrrole nitrogens is 1. The molecule has 1 aromatic heterocycles. The molecule has 7 nitrogen and oxygen atoms in total. The van der Waals surface area contributed by atoms with E-state index in [0.717, 1.165) is 25.6 Å². The van der Waals surface area contributed by atoms with Gasteiger partial charge in [0, 0.05) is 12.6 Å². The van der Waals surface area contributed by atoms with Crippen LogP contribution in [0.25, 0.3) is 0 Å². The maximum Gasteiger partial charge on any atom is 0.397 e. The fraction of sp³-hybridized carbons (Fsp3) is 0.833. The van der Waals surface area contributed by atoms with Crippen LogP contribution in [0, 0.1) is 0 Å². The zero-order valence-electron chi connectivity index (χ0n) is 20.5. The van der Waals surface area contributed by atoms with E-state index in [0.29, 0.717) is 12.2 Å². The van der Waals surface area contributed by atoms with Crippen LogP contribution in [0.5, 0.6) is 0 Å². The Hall–Kier alpha value is -1.25. The first-order chi connectivity index (χ1) is 15.3. The summed E-state index contributed by atoms with van der Waals surface area (Å²) >= 11 is 0. The van der Waals surface area contributed by atoms with Gasteiger partial charge in [-0.15, -0.1) is 0 Å². The summed E-state index contributed by atoms with van der Waals surface area (Å²) in [6.45, 7) is 4.33. The number of unbranched alkanes of at least 4 members (excludes halogenated alkanes) is 14. The number of aryl methyl sites for hydroxylation is 1. The Morgan fingerprint density at radius 1 is 0.875 bits per heavy atom. The first kappa shape index (κ1) is 30.8. The van der Waals surface area contributed by atoms with E-state index in [9.17, 15) is 13.2 Å². The first-order valence-corrected chi connectivity index (χ1v) is 13.8. The molecule has 0 saturated heterocycles. The number of hydrogen-bond donors (Lipinski definition) is 2. The molecular formula is C24H46N2O5S. The second-order valence-electron chi connectivity index (χ2n) is 8.31. The number of carbonyl (C=O) groups is 1. The van der Waals surface area contributed by atoms with Crippen LogP contribution in [0.4, 0.5) is 0 Å². The summed E-state index contributed by atoms with van der Waals surface area (Å²) in [7, 11) is -3.29. The average Bonchev–Trinajstić information content (AvgIpc) is 3.26. The third-order valence-electron chi connectivity index (χ3n) is 5.48. The fourth-order valence-corrected chi connectivity index (χ4v) is 3.46. The lowest BCUT2D eigenvalue weighted by Gasteiger charge is -2.03. The molecule has 8 heteroatoms. The molecule has 0 atom stereocenters. The van der Waals surface area contributed by atoms with Crippen molar-refractivity contribution in [3.63, 3.8) is 0 Å². The number of nitrogens with zero attached hydrogens (tertiary/aromatic N) is 1. The smallest absolute Gasteiger partial charge is 0.342 e. The molecule has 0 aliphatic rings. The first-order valence-electron chi connectivity index (χ1n) is 12.4. The largest absolute Gasteiger partial charge is 0.397 e. The topological polar surface area (TPSA) is 109 Å². The molecule has 1 rings (SSSR count). The van der Waals surface area contributed by atoms with Crippen molar-refractivity contribution in [2.24, 2.45) is 0 Å². The summed E-state index contributed by atoms with van der Waals surface area (Å²) in [6.07, 6.45) is 23.7. The number of carbonyl (C=O) groups excluding carboxylic acids is 1. The summed E-state index contributed by atoms with van der Waals surface area (Å²) in [4.78, 5) is 19.3. The van der Waals surface area contributed by atoms with Gasteiger partial charge in [-0.05, 0) is 12.8 Å². The van der Waals surface area contributed by atoms with Crippen molar-refractivity contribution in [2.45, 2.75) is 123 Å². The molecule has 0 saturated carbocycles. The van der Waals surface area contributed by atoms with Gasteiger partial charge in [0.2, 0.25) is 0 Å². The van der Waals surface area contributed by atoms with E-state index in [4.69, 9.17) is 4.55 Å². The summed E-state index contributed by atoms with van der Waals surface area (Å²) in [5, 5.41) is 0. The molecule has 0 aliphatic heterocycles. The number of imidazole rings is 1. The van der Waals surface area contributed by atoms with Gasteiger partial charge in [0.1, 0.15) is 0 Å². The van der Waals surface area contributed by atoms with Crippen molar-refractivity contribution >= 4 is 16.2 Å². The monoisotopic (exact) mass is 474 g/mol. The summed E-state index contributed by atoms with van der Waals surface area (Å²) in [6, 6.07) is 0. The van der Waals surface area contributed by atoms with Crippen LogP contribution in [0.3, 0.4) is 0 Å². The van der Waals surface area contributed by atoms with Gasteiger partial charge in [-0.1, -0.05) is 104 Å². The van der Waals surface area contributed by atoms with Crippen LogP contribution in [0.2, 0.25) is 0 Å². The minimum atomic E-state index is -4.16. The molecular weight excluding hydrogens is 428 g/mol. The second kappa shape index (κ2) is 20.4. The third-order valence-corrected chi connectivity index (χ3v) is 5.90.